The van der Waals surface area contributed by atoms with E-state index in [2.05, 4.69) is 102 Å². The number of carbonyl (C=O) groups is 5. The molecule has 5 saturated heterocycles. The maximum Gasteiger partial charge on any atom is 0.264 e. The van der Waals surface area contributed by atoms with Crippen LogP contribution in [0.1, 0.15) is 113 Å². The van der Waals surface area contributed by atoms with Crippen molar-refractivity contribution >= 4 is 40.9 Å². The predicted octanol–water partition coefficient (Wildman–Crippen LogP) is 6.27. The number of fused-ring (bicyclic) bond motifs is 1. The highest BCUT2D eigenvalue weighted by atomic mass is 16.5. The third kappa shape index (κ3) is 11.5. The maximum atomic E-state index is 13.7. The van der Waals surface area contributed by atoms with Gasteiger partial charge < -0.3 is 29.7 Å². The van der Waals surface area contributed by atoms with Crippen LogP contribution < -0.4 is 21.1 Å². The summed E-state index contributed by atoms with van der Waals surface area (Å²) in [4.78, 5) is 93.9. The first kappa shape index (κ1) is 52.3. The van der Waals surface area contributed by atoms with E-state index in [-0.39, 0.29) is 53.0 Å². The number of anilines is 2. The predicted molar refractivity (Wildman–Crippen MR) is 290 cm³/mol. The van der Waals surface area contributed by atoms with Gasteiger partial charge in [-0.05, 0) is 137 Å². The molecule has 5 amide bonds. The average molecular weight is 1020 g/mol. The van der Waals surface area contributed by atoms with Crippen LogP contribution in [-0.2, 0) is 32.2 Å². The second kappa shape index (κ2) is 22.6. The number of pyridine rings is 1. The van der Waals surface area contributed by atoms with Gasteiger partial charge >= 0.3 is 0 Å². The van der Waals surface area contributed by atoms with Crippen LogP contribution in [0.5, 0.6) is 0 Å². The maximum absolute atomic E-state index is 13.7. The molecule has 0 aliphatic carbocycles. The molecule has 398 valence electrons. The molecule has 6 aliphatic rings. The van der Waals surface area contributed by atoms with Crippen LogP contribution in [0.2, 0.25) is 0 Å². The molecule has 3 aromatic carbocycles. The van der Waals surface area contributed by atoms with E-state index in [0.29, 0.717) is 25.3 Å². The Balaban J connectivity index is 0.659. The van der Waals surface area contributed by atoms with E-state index < -0.39 is 29.7 Å². The van der Waals surface area contributed by atoms with Crippen molar-refractivity contribution in [3.63, 3.8) is 0 Å². The van der Waals surface area contributed by atoms with E-state index in [1.807, 2.05) is 13.8 Å². The molecule has 0 saturated carbocycles. The molecule has 16 nitrogen and oxygen atoms in total. The number of piperazine rings is 1. The number of nitrogens with one attached hydrogen (secondary N) is 3. The third-order valence-corrected chi connectivity index (χ3v) is 17.1. The van der Waals surface area contributed by atoms with Crippen LogP contribution in [0.25, 0.3) is 11.1 Å². The van der Waals surface area contributed by atoms with E-state index in [4.69, 9.17) is 4.74 Å². The molecular formula is C59H75N9O7. The Morgan fingerprint density at radius 1 is 0.813 bits per heavy atom. The van der Waals surface area contributed by atoms with Crippen LogP contribution in [0, 0.1) is 26.2 Å². The number of likely N-dealkylation sites (tertiary alicyclic amines) is 2. The Morgan fingerprint density at radius 2 is 1.59 bits per heavy atom. The first-order valence-electron chi connectivity index (χ1n) is 27.6. The lowest BCUT2D eigenvalue weighted by Gasteiger charge is -2.40. The zero-order valence-corrected chi connectivity index (χ0v) is 44.4. The molecule has 4 unspecified atom stereocenters. The monoisotopic (exact) mass is 1020 g/mol. The number of carbonyl (C=O) groups excluding carboxylic acids is 5. The van der Waals surface area contributed by atoms with Crippen molar-refractivity contribution in [1.82, 2.24) is 34.8 Å². The van der Waals surface area contributed by atoms with Crippen LogP contribution in [0.3, 0.4) is 0 Å². The molecule has 6 aliphatic heterocycles. The molecule has 4 atom stereocenters. The van der Waals surface area contributed by atoms with Crippen molar-refractivity contribution in [2.24, 2.45) is 5.41 Å². The Bertz CT molecular complexity index is 2860. The first-order chi connectivity index (χ1) is 36.2. The minimum atomic E-state index is -0.990. The lowest BCUT2D eigenvalue weighted by molar-refractivity contribution is -0.136. The Hall–Kier alpha value is -6.20. The lowest BCUT2D eigenvalue weighted by atomic mass is 9.86. The molecule has 3 N–H and O–H groups in total. The molecule has 5 fully saturated rings. The van der Waals surface area contributed by atoms with Crippen molar-refractivity contribution < 1.29 is 28.7 Å². The summed E-state index contributed by atoms with van der Waals surface area (Å²) >= 11 is 0. The standard InChI is InChI=1S/C59H75N9O7/c1-5-46-33-45(19-30-75-46)67(35-48-40(3)31-41(4)61-55(48)71)51-32-44(14-11-39(51)2)43-15-12-42(13-16-43)34-63-26-28-64(29-27-63)36-53(70)66-25-21-59(38-66)20-24-65(37-59)23-7-6-22-60-49-10-8-9-47-54(49)58(74)68(57(47)73)50-17-18-52(69)62-56(50)72/h8-16,31-32,45-46,50,60H,5-7,17-30,33-38H2,1-4H3,(H,61,71)(H,62,69,72). The number of benzene rings is 3. The normalized spacial score (nSPS) is 23.6. The quantitative estimate of drug-likeness (QED) is 0.0802. The van der Waals surface area contributed by atoms with Gasteiger partial charge in [0.25, 0.3) is 17.4 Å². The fraction of sp³-hybridized carbons (Fsp3) is 0.525. The number of nitrogens with zero attached hydrogens (tertiary/aromatic N) is 6. The smallest absolute Gasteiger partial charge is 0.264 e. The van der Waals surface area contributed by atoms with Crippen LogP contribution in [0.15, 0.2) is 71.5 Å². The second-order valence-corrected chi connectivity index (χ2v) is 22.3. The van der Waals surface area contributed by atoms with Gasteiger partial charge in [-0.3, -0.25) is 48.8 Å². The number of hydrogen-bond acceptors (Lipinski definition) is 12. The zero-order chi connectivity index (χ0) is 52.4. The van der Waals surface area contributed by atoms with Gasteiger partial charge in [-0.15, -0.1) is 0 Å². The van der Waals surface area contributed by atoms with Gasteiger partial charge in [0.2, 0.25) is 17.7 Å². The van der Waals surface area contributed by atoms with Crippen LogP contribution in [-0.4, -0.2) is 156 Å². The summed E-state index contributed by atoms with van der Waals surface area (Å²) in [5.41, 5.74) is 9.96. The summed E-state index contributed by atoms with van der Waals surface area (Å²) in [6, 6.07) is 22.2. The third-order valence-electron chi connectivity index (χ3n) is 17.1. The van der Waals surface area contributed by atoms with Gasteiger partial charge in [-0.1, -0.05) is 49.4 Å². The lowest BCUT2D eigenvalue weighted by Crippen LogP contribution is -2.54. The number of rotatable bonds is 17. The van der Waals surface area contributed by atoms with E-state index in [1.165, 1.54) is 16.7 Å². The van der Waals surface area contributed by atoms with Crippen LogP contribution >= 0.6 is 0 Å². The first-order valence-corrected chi connectivity index (χ1v) is 27.6. The zero-order valence-electron chi connectivity index (χ0n) is 44.4. The highest BCUT2D eigenvalue weighted by Gasteiger charge is 2.47. The summed E-state index contributed by atoms with van der Waals surface area (Å²) in [7, 11) is 0. The summed E-state index contributed by atoms with van der Waals surface area (Å²) in [5.74, 6) is -1.77. The molecule has 1 spiro atoms. The van der Waals surface area contributed by atoms with E-state index in [1.54, 1.807) is 18.2 Å². The van der Waals surface area contributed by atoms with Crippen molar-refractivity contribution in [2.75, 3.05) is 88.8 Å². The summed E-state index contributed by atoms with van der Waals surface area (Å²) in [6.45, 7) is 19.8. The van der Waals surface area contributed by atoms with Gasteiger partial charge in [0, 0.05) is 113 Å². The number of amides is 5. The largest absolute Gasteiger partial charge is 0.384 e. The van der Waals surface area contributed by atoms with E-state index in [0.717, 1.165) is 150 Å². The fourth-order valence-electron chi connectivity index (χ4n) is 12.7. The Kier molecular flexibility index (Phi) is 15.7. The van der Waals surface area contributed by atoms with E-state index in [9.17, 15) is 28.8 Å². The van der Waals surface area contributed by atoms with E-state index >= 15 is 0 Å². The van der Waals surface area contributed by atoms with Crippen molar-refractivity contribution in [3.8, 4) is 11.1 Å². The number of piperidine rings is 1. The number of aromatic amines is 1. The molecule has 0 radical (unpaired) electrons. The number of hydrogen-bond donors (Lipinski definition) is 3. The van der Waals surface area contributed by atoms with Crippen LogP contribution in [0.4, 0.5) is 11.4 Å². The summed E-state index contributed by atoms with van der Waals surface area (Å²) < 4.78 is 6.11. The second-order valence-electron chi connectivity index (χ2n) is 22.3. The molecule has 4 aromatic rings. The molecule has 16 heteroatoms. The molecule has 0 bridgehead atoms. The molecular weight excluding hydrogens is 947 g/mol. The molecule has 75 heavy (non-hydrogen) atoms. The number of H-pyrrole nitrogens is 1. The van der Waals surface area contributed by atoms with Gasteiger partial charge in [-0.2, -0.15) is 0 Å². The number of aryl methyl sites for hydroxylation is 3. The van der Waals surface area contributed by atoms with Crippen molar-refractivity contribution in [2.45, 2.75) is 117 Å². The number of imide groups is 2. The Morgan fingerprint density at radius 3 is 2.36 bits per heavy atom. The van der Waals surface area contributed by atoms with Gasteiger partial charge in [0.15, 0.2) is 0 Å². The highest BCUT2D eigenvalue weighted by Crippen LogP contribution is 2.40. The summed E-state index contributed by atoms with van der Waals surface area (Å²) in [6.07, 6.45) is 7.23. The summed E-state index contributed by atoms with van der Waals surface area (Å²) in [5, 5.41) is 5.63. The van der Waals surface area contributed by atoms with Crippen molar-refractivity contribution in [3.05, 3.63) is 116 Å². The number of unbranched alkanes of at least 4 members (excludes halogenated alkanes) is 1. The molecule has 7 heterocycles. The topological polar surface area (TPSA) is 171 Å². The average Bonchev–Trinajstić information content (AvgIpc) is 4.09. The Labute approximate surface area is 441 Å². The van der Waals surface area contributed by atoms with Gasteiger partial charge in [0.1, 0.15) is 6.04 Å². The highest BCUT2D eigenvalue weighted by molar-refractivity contribution is 6.25. The molecule has 10 rings (SSSR count). The van der Waals surface area contributed by atoms with Crippen molar-refractivity contribution in [1.29, 1.82) is 0 Å². The van der Waals surface area contributed by atoms with Gasteiger partial charge in [0.05, 0.1) is 23.8 Å². The molecule has 1 aromatic heterocycles. The minimum Gasteiger partial charge on any atom is -0.384 e. The minimum absolute atomic E-state index is 0.0115. The van der Waals surface area contributed by atoms with Gasteiger partial charge in [-0.25, -0.2) is 0 Å². The number of ether oxygens (including phenoxy) is 1. The number of aromatic nitrogens is 1. The fourth-order valence-corrected chi connectivity index (χ4v) is 12.7. The SMILES string of the molecule is CCC1CC(N(Cc2c(C)cc(C)[nH]c2=O)c2cc(-c3ccc(CN4CCN(CC(=O)N5CCC6(CCN(CCCCNc7cccc8c7C(=O)N(C7CCC(=O)NC7=O)C8=O)C6)C5)CC4)cc3)ccc2C)CCO1.